The van der Waals surface area contributed by atoms with Gasteiger partial charge in [0, 0.05) is 7.05 Å². The predicted molar refractivity (Wildman–Crippen MR) is 79.1 cm³/mol. The molecule has 3 heteroatoms. The second kappa shape index (κ2) is 5.10. The van der Waals surface area contributed by atoms with Gasteiger partial charge in [-0.05, 0) is 11.1 Å². The third-order valence-electron chi connectivity index (χ3n) is 3.49. The molecule has 3 rings (SSSR count). The highest BCUT2D eigenvalue weighted by Gasteiger charge is 2.40. The molecule has 1 heterocycles. The molecule has 0 aliphatic carbocycles. The lowest BCUT2D eigenvalue weighted by Crippen LogP contribution is -2.23. The van der Waals surface area contributed by atoms with Crippen LogP contribution in [0, 0.1) is 0 Å². The van der Waals surface area contributed by atoms with E-state index in [-0.39, 0.29) is 16.5 Å². The number of amides is 1. The minimum Gasteiger partial charge on any atom is -0.328 e. The Balaban J connectivity index is 2.01. The molecule has 0 N–H and O–H groups in total. The van der Waals surface area contributed by atoms with Crippen LogP contribution in [0.1, 0.15) is 22.4 Å². The zero-order valence-corrected chi connectivity index (χ0v) is 11.5. The van der Waals surface area contributed by atoms with Gasteiger partial charge in [0.05, 0.1) is 11.3 Å². The Morgan fingerprint density at radius 2 is 1.42 bits per heavy atom. The van der Waals surface area contributed by atoms with Crippen LogP contribution in [0.3, 0.4) is 0 Å². The van der Waals surface area contributed by atoms with E-state index in [4.69, 9.17) is 0 Å². The molecular weight excluding hydrogens is 254 g/mol. The molecule has 1 saturated heterocycles. The number of thioether (sulfide) groups is 1. The molecule has 2 aromatic carbocycles. The predicted octanol–water partition coefficient (Wildman–Crippen LogP) is 4.27. The van der Waals surface area contributed by atoms with Crippen LogP contribution in [0.15, 0.2) is 60.7 Å². The van der Waals surface area contributed by atoms with Gasteiger partial charge < -0.3 is 4.90 Å². The smallest absolute Gasteiger partial charge is 0.282 e. The summed E-state index contributed by atoms with van der Waals surface area (Å²) in [7, 11) is 1.88. The van der Waals surface area contributed by atoms with Crippen LogP contribution in [0.25, 0.3) is 0 Å². The van der Waals surface area contributed by atoms with Crippen molar-refractivity contribution < 1.29 is 4.79 Å². The quantitative estimate of drug-likeness (QED) is 0.811. The molecule has 2 aromatic rings. The van der Waals surface area contributed by atoms with E-state index < -0.39 is 0 Å². The van der Waals surface area contributed by atoms with Crippen molar-refractivity contribution in [2.75, 3.05) is 7.05 Å². The summed E-state index contributed by atoms with van der Waals surface area (Å²) < 4.78 is 0. The summed E-state index contributed by atoms with van der Waals surface area (Å²) in [5.74, 6) is 0. The molecule has 0 spiro atoms. The van der Waals surface area contributed by atoms with Crippen molar-refractivity contribution in [1.82, 2.24) is 4.90 Å². The topological polar surface area (TPSA) is 20.3 Å². The summed E-state index contributed by atoms with van der Waals surface area (Å²) in [6, 6.07) is 20.6. The van der Waals surface area contributed by atoms with Crippen LogP contribution in [0.5, 0.6) is 0 Å². The number of carbonyl (C=O) groups excluding carboxylic acids is 1. The summed E-state index contributed by atoms with van der Waals surface area (Å²) >= 11 is 1.42. The molecule has 19 heavy (non-hydrogen) atoms. The number of hydrogen-bond donors (Lipinski definition) is 0. The van der Waals surface area contributed by atoms with E-state index in [0.29, 0.717) is 0 Å². The van der Waals surface area contributed by atoms with Crippen LogP contribution in [-0.2, 0) is 0 Å². The molecule has 0 saturated carbocycles. The van der Waals surface area contributed by atoms with E-state index in [9.17, 15) is 4.79 Å². The van der Waals surface area contributed by atoms with Gasteiger partial charge in [-0.1, -0.05) is 72.4 Å². The fourth-order valence-corrected chi connectivity index (χ4v) is 3.77. The molecule has 0 bridgehead atoms. The first kappa shape index (κ1) is 12.3. The minimum absolute atomic E-state index is 0.112. The van der Waals surface area contributed by atoms with Gasteiger partial charge in [0.25, 0.3) is 5.24 Å². The van der Waals surface area contributed by atoms with E-state index in [0.717, 1.165) is 0 Å². The molecule has 2 nitrogen and oxygen atoms in total. The lowest BCUT2D eigenvalue weighted by Gasteiger charge is -2.24. The van der Waals surface area contributed by atoms with Gasteiger partial charge in [0.2, 0.25) is 0 Å². The normalized spacial score (nSPS) is 22.8. The van der Waals surface area contributed by atoms with E-state index in [1.54, 1.807) is 0 Å². The average molecular weight is 269 g/mol. The maximum Gasteiger partial charge on any atom is 0.282 e. The second-order valence-corrected chi connectivity index (χ2v) is 5.77. The number of nitrogens with zero attached hydrogens (tertiary/aromatic N) is 1. The molecule has 1 aliphatic heterocycles. The lowest BCUT2D eigenvalue weighted by molar-refractivity contribution is 0.221. The first-order valence-electron chi connectivity index (χ1n) is 6.31. The zero-order valence-electron chi connectivity index (χ0n) is 10.7. The number of likely N-dealkylation sites (N-methyl/N-ethyl adjacent to an activating group) is 1. The van der Waals surface area contributed by atoms with Gasteiger partial charge in [0.1, 0.15) is 0 Å². The number of rotatable bonds is 2. The maximum atomic E-state index is 12.0. The van der Waals surface area contributed by atoms with Gasteiger partial charge in [0.15, 0.2) is 0 Å². The Kier molecular flexibility index (Phi) is 3.30. The monoisotopic (exact) mass is 269 g/mol. The fraction of sp³-hybridized carbons (Fsp3) is 0.188. The highest BCUT2D eigenvalue weighted by atomic mass is 32.2. The lowest BCUT2D eigenvalue weighted by atomic mass is 9.97. The van der Waals surface area contributed by atoms with Crippen LogP contribution in [0.4, 0.5) is 4.79 Å². The Bertz CT molecular complexity index is 570. The Morgan fingerprint density at radius 1 is 0.895 bits per heavy atom. The second-order valence-electron chi connectivity index (χ2n) is 4.68. The Labute approximate surface area is 117 Å². The van der Waals surface area contributed by atoms with Crippen LogP contribution in [0.2, 0.25) is 0 Å². The van der Waals surface area contributed by atoms with Crippen molar-refractivity contribution in [2.45, 2.75) is 11.3 Å². The molecule has 0 aromatic heterocycles. The van der Waals surface area contributed by atoms with Crippen LogP contribution >= 0.6 is 11.8 Å². The van der Waals surface area contributed by atoms with Gasteiger partial charge in [-0.25, -0.2) is 0 Å². The Morgan fingerprint density at radius 3 is 2.00 bits per heavy atom. The molecule has 1 amide bonds. The summed E-state index contributed by atoms with van der Waals surface area (Å²) in [4.78, 5) is 13.9. The van der Waals surface area contributed by atoms with E-state index >= 15 is 0 Å². The third-order valence-corrected chi connectivity index (χ3v) is 4.76. The standard InChI is InChI=1S/C16H15NOS/c1-17-14(12-8-4-2-5-9-12)15(19-16(17)18)13-10-6-3-7-11-13/h2-11,14-15H,1H3. The molecule has 2 atom stereocenters. The SMILES string of the molecule is CN1C(=O)SC(c2ccccc2)C1c1ccccc1. The highest BCUT2D eigenvalue weighted by molar-refractivity contribution is 8.14. The van der Waals surface area contributed by atoms with Gasteiger partial charge in [-0.2, -0.15) is 0 Å². The largest absolute Gasteiger partial charge is 0.328 e. The maximum absolute atomic E-state index is 12.0. The van der Waals surface area contributed by atoms with E-state index in [1.165, 1.54) is 22.9 Å². The minimum atomic E-state index is 0.112. The molecule has 2 unspecified atom stereocenters. The highest BCUT2D eigenvalue weighted by Crippen LogP contribution is 2.50. The molecule has 1 aliphatic rings. The van der Waals surface area contributed by atoms with Gasteiger partial charge in [-0.3, -0.25) is 4.79 Å². The van der Waals surface area contributed by atoms with Crippen molar-refractivity contribution in [3.8, 4) is 0 Å². The molecule has 0 radical (unpaired) electrons. The average Bonchev–Trinajstić information content (AvgIpc) is 2.77. The third kappa shape index (κ3) is 2.26. The molecular formula is C16H15NOS. The van der Waals surface area contributed by atoms with Crippen molar-refractivity contribution in [3.63, 3.8) is 0 Å². The first-order valence-corrected chi connectivity index (χ1v) is 7.18. The number of hydrogen-bond acceptors (Lipinski definition) is 2. The Hall–Kier alpha value is -1.74. The fourth-order valence-electron chi connectivity index (χ4n) is 2.51. The first-order chi connectivity index (χ1) is 9.27. The van der Waals surface area contributed by atoms with E-state index in [1.807, 2.05) is 48.3 Å². The number of carbonyl (C=O) groups is 1. The molecule has 1 fully saturated rings. The summed E-state index contributed by atoms with van der Waals surface area (Å²) in [6.45, 7) is 0. The zero-order chi connectivity index (χ0) is 13.2. The summed E-state index contributed by atoms with van der Waals surface area (Å²) in [5, 5.41) is 0.309. The molecule has 96 valence electrons. The van der Waals surface area contributed by atoms with Gasteiger partial charge >= 0.3 is 0 Å². The summed E-state index contributed by atoms with van der Waals surface area (Å²) in [6.07, 6.45) is 0. The van der Waals surface area contributed by atoms with Crippen LogP contribution < -0.4 is 0 Å². The summed E-state index contributed by atoms with van der Waals surface area (Å²) in [5.41, 5.74) is 2.40. The van der Waals surface area contributed by atoms with E-state index in [2.05, 4.69) is 24.3 Å². The van der Waals surface area contributed by atoms with Crippen LogP contribution in [-0.4, -0.2) is 17.2 Å². The van der Waals surface area contributed by atoms with Crippen molar-refractivity contribution >= 4 is 17.0 Å². The van der Waals surface area contributed by atoms with Crippen molar-refractivity contribution in [2.24, 2.45) is 0 Å². The van der Waals surface area contributed by atoms with Crippen molar-refractivity contribution in [3.05, 3.63) is 71.8 Å². The van der Waals surface area contributed by atoms with Gasteiger partial charge in [-0.15, -0.1) is 0 Å². The van der Waals surface area contributed by atoms with Crippen molar-refractivity contribution in [1.29, 1.82) is 0 Å². The number of benzene rings is 2.